The van der Waals surface area contributed by atoms with E-state index >= 15 is 0 Å². The number of carboxylic acids is 1. The van der Waals surface area contributed by atoms with Crippen LogP contribution in [0.4, 0.5) is 15.8 Å². The first-order valence-electron chi connectivity index (χ1n) is 5.77. The number of carboxylic acid groups (broad SMARTS) is 1. The second kappa shape index (κ2) is 6.58. The maximum absolute atomic E-state index is 13.2. The number of carbonyl (C=O) groups excluding carboxylic acids is 1. The van der Waals surface area contributed by atoms with Gasteiger partial charge in [-0.15, -0.1) is 0 Å². The van der Waals surface area contributed by atoms with Gasteiger partial charge < -0.3 is 21.9 Å². The number of rotatable bonds is 7. The molecule has 0 aliphatic rings. The molecule has 104 valence electrons. The largest absolute Gasteiger partial charge is 0.478 e. The van der Waals surface area contributed by atoms with E-state index in [1.807, 2.05) is 0 Å². The number of primary amides is 1. The Bertz CT molecular complexity index is 491. The molecule has 0 aromatic heterocycles. The van der Waals surface area contributed by atoms with Gasteiger partial charge in [-0.3, -0.25) is 4.79 Å². The van der Waals surface area contributed by atoms with Crippen LogP contribution in [0, 0.1) is 5.82 Å². The predicted octanol–water partition coefficient (Wildman–Crippen LogP) is 1.17. The number of amides is 1. The second-order valence-corrected chi connectivity index (χ2v) is 4.04. The van der Waals surface area contributed by atoms with E-state index in [1.165, 1.54) is 6.07 Å². The summed E-state index contributed by atoms with van der Waals surface area (Å²) >= 11 is 0. The zero-order valence-electron chi connectivity index (χ0n) is 10.3. The maximum Gasteiger partial charge on any atom is 0.340 e. The van der Waals surface area contributed by atoms with E-state index in [0.717, 1.165) is 6.07 Å². The number of anilines is 2. The molecule has 1 rings (SSSR count). The number of unbranched alkanes of at least 4 members (excludes halogenated alkanes) is 1. The fraction of sp³-hybridized carbons (Fsp3) is 0.333. The molecular formula is C12H16FN3O3. The Morgan fingerprint density at radius 2 is 2.00 bits per heavy atom. The van der Waals surface area contributed by atoms with Gasteiger partial charge in [-0.25, -0.2) is 9.18 Å². The molecule has 0 bridgehead atoms. The topological polar surface area (TPSA) is 118 Å². The van der Waals surface area contributed by atoms with Crippen molar-refractivity contribution in [2.45, 2.75) is 19.3 Å². The molecule has 0 heterocycles. The molecule has 0 aliphatic carbocycles. The van der Waals surface area contributed by atoms with Crippen LogP contribution in [-0.2, 0) is 4.79 Å². The summed E-state index contributed by atoms with van der Waals surface area (Å²) in [5, 5.41) is 11.9. The quantitative estimate of drug-likeness (QED) is 0.437. The molecule has 0 unspecified atom stereocenters. The lowest BCUT2D eigenvalue weighted by atomic mass is 10.1. The Labute approximate surface area is 109 Å². The van der Waals surface area contributed by atoms with Gasteiger partial charge in [-0.2, -0.15) is 0 Å². The van der Waals surface area contributed by atoms with E-state index in [4.69, 9.17) is 16.6 Å². The monoisotopic (exact) mass is 269 g/mol. The van der Waals surface area contributed by atoms with Gasteiger partial charge in [0, 0.05) is 13.0 Å². The van der Waals surface area contributed by atoms with E-state index in [9.17, 15) is 14.0 Å². The molecule has 6 nitrogen and oxygen atoms in total. The zero-order chi connectivity index (χ0) is 14.4. The van der Waals surface area contributed by atoms with Crippen molar-refractivity contribution >= 4 is 23.3 Å². The number of hydrogen-bond donors (Lipinski definition) is 4. The minimum absolute atomic E-state index is 0.255. The lowest BCUT2D eigenvalue weighted by Gasteiger charge is -2.11. The number of nitrogens with one attached hydrogen (secondary N) is 1. The van der Waals surface area contributed by atoms with Crippen LogP contribution in [-0.4, -0.2) is 23.5 Å². The van der Waals surface area contributed by atoms with Crippen molar-refractivity contribution in [3.8, 4) is 0 Å². The summed E-state index contributed by atoms with van der Waals surface area (Å²) in [6.07, 6.45) is 1.51. The van der Waals surface area contributed by atoms with Crippen LogP contribution in [0.3, 0.4) is 0 Å². The predicted molar refractivity (Wildman–Crippen MR) is 69.3 cm³/mol. The van der Waals surface area contributed by atoms with Crippen molar-refractivity contribution in [3.63, 3.8) is 0 Å². The first-order chi connectivity index (χ1) is 8.93. The van der Waals surface area contributed by atoms with Crippen molar-refractivity contribution in [3.05, 3.63) is 23.5 Å². The first kappa shape index (κ1) is 14.7. The molecule has 0 saturated carbocycles. The molecular weight excluding hydrogens is 253 g/mol. The van der Waals surface area contributed by atoms with Crippen LogP contribution < -0.4 is 16.8 Å². The number of hydrogen-bond acceptors (Lipinski definition) is 4. The SMILES string of the molecule is NC(=O)CCCCNc1ccc(F)c(N)c1C(=O)O. The minimum atomic E-state index is -1.29. The van der Waals surface area contributed by atoms with Gasteiger partial charge in [0.1, 0.15) is 11.4 Å². The van der Waals surface area contributed by atoms with E-state index in [-0.39, 0.29) is 23.6 Å². The fourth-order valence-corrected chi connectivity index (χ4v) is 1.62. The van der Waals surface area contributed by atoms with Crippen LogP contribution in [0.2, 0.25) is 0 Å². The molecule has 1 amide bonds. The van der Waals surface area contributed by atoms with Crippen molar-refractivity contribution < 1.29 is 19.1 Å². The van der Waals surface area contributed by atoms with Gasteiger partial charge in [0.2, 0.25) is 5.91 Å². The Morgan fingerprint density at radius 1 is 1.32 bits per heavy atom. The molecule has 0 saturated heterocycles. The number of carbonyl (C=O) groups is 2. The third kappa shape index (κ3) is 4.13. The van der Waals surface area contributed by atoms with Gasteiger partial charge in [-0.1, -0.05) is 0 Å². The van der Waals surface area contributed by atoms with E-state index in [0.29, 0.717) is 19.4 Å². The first-order valence-corrected chi connectivity index (χ1v) is 5.77. The molecule has 0 atom stereocenters. The van der Waals surface area contributed by atoms with Gasteiger partial charge in [0.05, 0.1) is 11.4 Å². The molecule has 0 fully saturated rings. The van der Waals surface area contributed by atoms with E-state index < -0.39 is 17.5 Å². The van der Waals surface area contributed by atoms with Crippen molar-refractivity contribution in [1.82, 2.24) is 0 Å². The Kier molecular flexibility index (Phi) is 5.11. The van der Waals surface area contributed by atoms with E-state index in [2.05, 4.69) is 5.32 Å². The summed E-state index contributed by atoms with van der Waals surface area (Å²) < 4.78 is 13.2. The molecule has 1 aromatic rings. The smallest absolute Gasteiger partial charge is 0.340 e. The molecule has 6 N–H and O–H groups in total. The standard InChI is InChI=1S/C12H16FN3O3/c13-7-4-5-8(10(11(7)15)12(18)19)16-6-2-1-3-9(14)17/h4-5,16H,1-3,6,15H2,(H2,14,17)(H,18,19). The summed E-state index contributed by atoms with van der Waals surface area (Å²) in [7, 11) is 0. The summed E-state index contributed by atoms with van der Waals surface area (Å²) in [6, 6.07) is 2.43. The molecule has 0 radical (unpaired) electrons. The highest BCUT2D eigenvalue weighted by molar-refractivity contribution is 6.00. The normalized spacial score (nSPS) is 10.2. The number of nitrogen functional groups attached to an aromatic ring is 1. The second-order valence-electron chi connectivity index (χ2n) is 4.04. The molecule has 19 heavy (non-hydrogen) atoms. The number of aromatic carboxylic acids is 1. The van der Waals surface area contributed by atoms with Crippen molar-refractivity contribution in [1.29, 1.82) is 0 Å². The Balaban J connectivity index is 2.66. The highest BCUT2D eigenvalue weighted by Gasteiger charge is 2.16. The Morgan fingerprint density at radius 3 is 2.58 bits per heavy atom. The van der Waals surface area contributed by atoms with Crippen LogP contribution >= 0.6 is 0 Å². The van der Waals surface area contributed by atoms with Crippen LogP contribution in [0.5, 0.6) is 0 Å². The number of halogens is 1. The lowest BCUT2D eigenvalue weighted by Crippen LogP contribution is -2.13. The molecule has 7 heteroatoms. The van der Waals surface area contributed by atoms with Crippen LogP contribution in [0.25, 0.3) is 0 Å². The summed E-state index contributed by atoms with van der Waals surface area (Å²) in [4.78, 5) is 21.5. The third-order valence-corrected chi connectivity index (χ3v) is 2.57. The summed E-state index contributed by atoms with van der Waals surface area (Å²) in [6.45, 7) is 0.443. The average Bonchev–Trinajstić information content (AvgIpc) is 2.32. The number of nitrogens with two attached hydrogens (primary N) is 2. The lowest BCUT2D eigenvalue weighted by molar-refractivity contribution is -0.118. The van der Waals surface area contributed by atoms with Crippen molar-refractivity contribution in [2.75, 3.05) is 17.6 Å². The molecule has 0 aliphatic heterocycles. The van der Waals surface area contributed by atoms with Crippen LogP contribution in [0.15, 0.2) is 12.1 Å². The molecule has 1 aromatic carbocycles. The van der Waals surface area contributed by atoms with E-state index in [1.54, 1.807) is 0 Å². The summed E-state index contributed by atoms with van der Waals surface area (Å²) in [5.74, 6) is -2.44. The highest BCUT2D eigenvalue weighted by atomic mass is 19.1. The highest BCUT2D eigenvalue weighted by Crippen LogP contribution is 2.25. The van der Waals surface area contributed by atoms with Gasteiger partial charge in [0.15, 0.2) is 0 Å². The molecule has 0 spiro atoms. The number of benzene rings is 1. The maximum atomic E-state index is 13.2. The Hall–Kier alpha value is -2.31. The van der Waals surface area contributed by atoms with Gasteiger partial charge in [0.25, 0.3) is 0 Å². The van der Waals surface area contributed by atoms with Gasteiger partial charge >= 0.3 is 5.97 Å². The van der Waals surface area contributed by atoms with Crippen molar-refractivity contribution in [2.24, 2.45) is 5.73 Å². The van der Waals surface area contributed by atoms with Crippen LogP contribution in [0.1, 0.15) is 29.6 Å². The zero-order valence-corrected chi connectivity index (χ0v) is 10.3. The van der Waals surface area contributed by atoms with Gasteiger partial charge in [-0.05, 0) is 25.0 Å². The summed E-state index contributed by atoms with van der Waals surface area (Å²) in [5.41, 5.74) is 9.97. The fourth-order valence-electron chi connectivity index (χ4n) is 1.62. The minimum Gasteiger partial charge on any atom is -0.478 e. The average molecular weight is 269 g/mol. The third-order valence-electron chi connectivity index (χ3n) is 2.57.